The highest BCUT2D eigenvalue weighted by atomic mass is 16.5. The van der Waals surface area contributed by atoms with Crippen LogP contribution < -0.4 is 0 Å². The summed E-state index contributed by atoms with van der Waals surface area (Å²) in [7, 11) is 2.71. The number of hydrogen-bond acceptors (Lipinski definition) is 4. The van der Waals surface area contributed by atoms with E-state index >= 15 is 0 Å². The van der Waals surface area contributed by atoms with E-state index in [0.717, 1.165) is 0 Å². The van der Waals surface area contributed by atoms with Crippen LogP contribution in [0.2, 0.25) is 0 Å². The molecule has 0 aromatic rings. The Morgan fingerprint density at radius 1 is 1.25 bits per heavy atom. The molecule has 16 heavy (non-hydrogen) atoms. The molecule has 0 bridgehead atoms. The molecule has 0 saturated carbocycles. The molecule has 0 saturated heterocycles. The Morgan fingerprint density at radius 3 is 2.06 bits per heavy atom. The predicted molar refractivity (Wildman–Crippen MR) is 62.9 cm³/mol. The van der Waals surface area contributed by atoms with E-state index in [-0.39, 0.29) is 25.3 Å². The summed E-state index contributed by atoms with van der Waals surface area (Å²) in [5.74, 6) is -0.863. The second-order valence-electron chi connectivity index (χ2n) is 4.03. The Balaban J connectivity index is 0. The highest BCUT2D eigenvalue weighted by Crippen LogP contribution is 2.31. The molecular formula is C12H24O4. The smallest absolute Gasteiger partial charge is 0.311 e. The number of carbonyl (C=O) groups is 2. The summed E-state index contributed by atoms with van der Waals surface area (Å²) in [6.07, 6.45) is 1.09. The molecule has 96 valence electrons. The Hall–Kier alpha value is -1.06. The van der Waals surface area contributed by atoms with Crippen molar-refractivity contribution in [3.05, 3.63) is 0 Å². The van der Waals surface area contributed by atoms with Crippen LogP contribution in [0.15, 0.2) is 0 Å². The van der Waals surface area contributed by atoms with Crippen molar-refractivity contribution in [2.24, 2.45) is 11.3 Å². The number of methoxy groups -OCH3 is 2. The summed E-state index contributed by atoms with van der Waals surface area (Å²) >= 11 is 0. The molecule has 0 fully saturated rings. The van der Waals surface area contributed by atoms with Crippen LogP contribution in [0.25, 0.3) is 0 Å². The van der Waals surface area contributed by atoms with E-state index in [2.05, 4.69) is 4.74 Å². The van der Waals surface area contributed by atoms with E-state index in [4.69, 9.17) is 4.74 Å². The van der Waals surface area contributed by atoms with Crippen LogP contribution in [0.5, 0.6) is 0 Å². The predicted octanol–water partition coefficient (Wildman–Crippen LogP) is 2.41. The fourth-order valence-electron chi connectivity index (χ4n) is 1.58. The molecule has 0 radical (unpaired) electrons. The zero-order valence-corrected chi connectivity index (χ0v) is 10.1. The molecule has 2 unspecified atom stereocenters. The molecular weight excluding hydrogens is 208 g/mol. The molecule has 0 aromatic carbocycles. The third kappa shape index (κ3) is 4.21. The van der Waals surface area contributed by atoms with E-state index in [9.17, 15) is 9.59 Å². The molecule has 0 rings (SSSR count). The molecule has 0 spiro atoms. The molecule has 2 atom stereocenters. The standard InChI is InChI=1S/C11H20O4.CH4/c1-6-11(3,10(13)15-5)7-8(2)9(12)14-4;/h8H,6-7H2,1-5H3;1H4. The van der Waals surface area contributed by atoms with Gasteiger partial charge < -0.3 is 9.47 Å². The zero-order chi connectivity index (χ0) is 12.1. The van der Waals surface area contributed by atoms with Crippen molar-refractivity contribution in [3.63, 3.8) is 0 Å². The average molecular weight is 232 g/mol. The van der Waals surface area contributed by atoms with Crippen molar-refractivity contribution < 1.29 is 19.1 Å². The summed E-state index contributed by atoms with van der Waals surface area (Å²) in [6, 6.07) is 0. The normalized spacial score (nSPS) is 15.3. The van der Waals surface area contributed by atoms with Gasteiger partial charge in [0.25, 0.3) is 0 Å². The van der Waals surface area contributed by atoms with Gasteiger partial charge in [0.1, 0.15) is 0 Å². The largest absolute Gasteiger partial charge is 0.469 e. The minimum absolute atomic E-state index is 0. The van der Waals surface area contributed by atoms with Gasteiger partial charge in [-0.05, 0) is 19.8 Å². The molecule has 4 heteroatoms. The molecule has 0 aliphatic rings. The van der Waals surface area contributed by atoms with Gasteiger partial charge in [0, 0.05) is 0 Å². The lowest BCUT2D eigenvalue weighted by molar-refractivity contribution is -0.155. The molecule has 0 amide bonds. The minimum Gasteiger partial charge on any atom is -0.469 e. The van der Waals surface area contributed by atoms with Gasteiger partial charge in [-0.15, -0.1) is 0 Å². The monoisotopic (exact) mass is 232 g/mol. The van der Waals surface area contributed by atoms with Crippen LogP contribution in [0.4, 0.5) is 0 Å². The number of ether oxygens (including phenoxy) is 2. The topological polar surface area (TPSA) is 52.6 Å². The van der Waals surface area contributed by atoms with Gasteiger partial charge in [0.15, 0.2) is 0 Å². The van der Waals surface area contributed by atoms with Gasteiger partial charge >= 0.3 is 11.9 Å². The van der Waals surface area contributed by atoms with Crippen molar-refractivity contribution in [1.29, 1.82) is 0 Å². The van der Waals surface area contributed by atoms with Gasteiger partial charge in [-0.2, -0.15) is 0 Å². The zero-order valence-electron chi connectivity index (χ0n) is 10.1. The van der Waals surface area contributed by atoms with E-state index in [0.29, 0.717) is 12.8 Å². The number of rotatable bonds is 5. The summed E-state index contributed by atoms with van der Waals surface area (Å²) in [4.78, 5) is 22.8. The highest BCUT2D eigenvalue weighted by molar-refractivity contribution is 5.78. The first-order valence-electron chi connectivity index (χ1n) is 5.07. The van der Waals surface area contributed by atoms with E-state index in [1.165, 1.54) is 14.2 Å². The fourth-order valence-corrected chi connectivity index (χ4v) is 1.58. The van der Waals surface area contributed by atoms with Crippen molar-refractivity contribution in [3.8, 4) is 0 Å². The number of esters is 2. The second kappa shape index (κ2) is 7.25. The first kappa shape index (κ1) is 17.3. The summed E-state index contributed by atoms with van der Waals surface area (Å²) in [5.41, 5.74) is -0.609. The van der Waals surface area contributed by atoms with Crippen molar-refractivity contribution in [2.75, 3.05) is 14.2 Å². The SMILES string of the molecule is C.CCC(C)(CC(C)C(=O)OC)C(=O)OC. The van der Waals surface area contributed by atoms with Crippen LogP contribution >= 0.6 is 0 Å². The van der Waals surface area contributed by atoms with Crippen LogP contribution in [-0.2, 0) is 19.1 Å². The van der Waals surface area contributed by atoms with Crippen molar-refractivity contribution in [1.82, 2.24) is 0 Å². The van der Waals surface area contributed by atoms with Crippen molar-refractivity contribution >= 4 is 11.9 Å². The maximum absolute atomic E-state index is 11.5. The average Bonchev–Trinajstić information content (AvgIpc) is 2.26. The first-order chi connectivity index (χ1) is 6.91. The lowest BCUT2D eigenvalue weighted by Gasteiger charge is -2.27. The molecule has 4 nitrogen and oxygen atoms in total. The second-order valence-corrected chi connectivity index (χ2v) is 4.03. The molecule has 0 aliphatic carbocycles. The Labute approximate surface area is 98.3 Å². The summed E-state index contributed by atoms with van der Waals surface area (Å²) in [5, 5.41) is 0. The van der Waals surface area contributed by atoms with Crippen molar-refractivity contribution in [2.45, 2.75) is 41.0 Å². The minimum atomic E-state index is -0.609. The molecule has 0 N–H and O–H groups in total. The molecule has 0 aromatic heterocycles. The van der Waals surface area contributed by atoms with Crippen LogP contribution in [-0.4, -0.2) is 26.2 Å². The Kier molecular flexibility index (Phi) is 7.86. The number of hydrogen-bond donors (Lipinski definition) is 0. The van der Waals surface area contributed by atoms with Crippen LogP contribution in [0.1, 0.15) is 41.0 Å². The Morgan fingerprint density at radius 2 is 1.75 bits per heavy atom. The van der Waals surface area contributed by atoms with Gasteiger partial charge in [-0.3, -0.25) is 9.59 Å². The highest BCUT2D eigenvalue weighted by Gasteiger charge is 2.36. The van der Waals surface area contributed by atoms with Gasteiger partial charge in [-0.1, -0.05) is 21.3 Å². The van der Waals surface area contributed by atoms with Gasteiger partial charge in [0.2, 0.25) is 0 Å². The molecule has 0 aliphatic heterocycles. The van der Waals surface area contributed by atoms with Gasteiger partial charge in [-0.25, -0.2) is 0 Å². The fraction of sp³-hybridized carbons (Fsp3) is 0.833. The third-order valence-electron chi connectivity index (χ3n) is 2.82. The van der Waals surface area contributed by atoms with Gasteiger partial charge in [0.05, 0.1) is 25.6 Å². The first-order valence-corrected chi connectivity index (χ1v) is 5.07. The lowest BCUT2D eigenvalue weighted by atomic mass is 9.79. The number of carbonyl (C=O) groups excluding carboxylic acids is 2. The lowest BCUT2D eigenvalue weighted by Crippen LogP contribution is -2.32. The maximum atomic E-state index is 11.5. The maximum Gasteiger partial charge on any atom is 0.311 e. The quantitative estimate of drug-likeness (QED) is 0.683. The third-order valence-corrected chi connectivity index (χ3v) is 2.82. The Bertz CT molecular complexity index is 237. The van der Waals surface area contributed by atoms with E-state index in [1.807, 2.05) is 6.92 Å². The van der Waals surface area contributed by atoms with Crippen LogP contribution in [0, 0.1) is 11.3 Å². The van der Waals surface area contributed by atoms with E-state index < -0.39 is 5.41 Å². The molecule has 0 heterocycles. The summed E-state index contributed by atoms with van der Waals surface area (Å²) in [6.45, 7) is 5.46. The van der Waals surface area contributed by atoms with Crippen LogP contribution in [0.3, 0.4) is 0 Å². The van der Waals surface area contributed by atoms with E-state index in [1.54, 1.807) is 13.8 Å². The summed E-state index contributed by atoms with van der Waals surface area (Å²) < 4.78 is 9.35.